The minimum Gasteiger partial charge on any atom is -0.355 e. The van der Waals surface area contributed by atoms with Crippen LogP contribution in [0.2, 0.25) is 5.02 Å². The van der Waals surface area contributed by atoms with Gasteiger partial charge in [0.15, 0.2) is 0 Å². The number of halogens is 1. The number of amides is 1. The first-order valence-corrected chi connectivity index (χ1v) is 7.84. The van der Waals surface area contributed by atoms with Crippen molar-refractivity contribution in [1.82, 2.24) is 15.1 Å². The van der Waals surface area contributed by atoms with Gasteiger partial charge in [-0.25, -0.2) is 0 Å². The Morgan fingerprint density at radius 1 is 1.32 bits per heavy atom. The second-order valence-electron chi connectivity index (χ2n) is 5.82. The van der Waals surface area contributed by atoms with Crippen LogP contribution >= 0.6 is 11.6 Å². The molecular weight excluding hydrogens is 298 g/mol. The summed E-state index contributed by atoms with van der Waals surface area (Å²) in [4.78, 5) is 12.0. The van der Waals surface area contributed by atoms with E-state index in [0.29, 0.717) is 23.9 Å². The molecule has 0 unspecified atom stereocenters. The number of benzene rings is 1. The van der Waals surface area contributed by atoms with E-state index < -0.39 is 0 Å². The highest BCUT2D eigenvalue weighted by Gasteiger charge is 2.09. The first-order chi connectivity index (χ1) is 10.4. The van der Waals surface area contributed by atoms with E-state index in [9.17, 15) is 4.79 Å². The number of hydrogen-bond donors (Lipinski definition) is 1. The second kappa shape index (κ2) is 7.45. The highest BCUT2D eigenvalue weighted by molar-refractivity contribution is 6.30. The van der Waals surface area contributed by atoms with Gasteiger partial charge in [-0.15, -0.1) is 0 Å². The van der Waals surface area contributed by atoms with Crippen LogP contribution in [0.4, 0.5) is 0 Å². The standard InChI is InChI=1S/C17H22ClN3O/c1-12(11-21-14(3)8-13(2)20-21)10-19-17(22)9-15-4-6-16(18)7-5-15/h4-8,12H,9-11H2,1-3H3,(H,19,22)/t12-/m0/s1. The molecule has 1 N–H and O–H groups in total. The van der Waals surface area contributed by atoms with Gasteiger partial charge < -0.3 is 5.32 Å². The highest BCUT2D eigenvalue weighted by atomic mass is 35.5. The van der Waals surface area contributed by atoms with Crippen molar-refractivity contribution in [2.75, 3.05) is 6.54 Å². The van der Waals surface area contributed by atoms with Crippen LogP contribution < -0.4 is 5.32 Å². The van der Waals surface area contributed by atoms with Crippen LogP contribution in [0, 0.1) is 19.8 Å². The van der Waals surface area contributed by atoms with Crippen LogP contribution in [0.15, 0.2) is 30.3 Å². The summed E-state index contributed by atoms with van der Waals surface area (Å²) in [7, 11) is 0. The number of rotatable bonds is 6. The van der Waals surface area contributed by atoms with Gasteiger partial charge in [-0.2, -0.15) is 5.10 Å². The van der Waals surface area contributed by atoms with Crippen molar-refractivity contribution >= 4 is 17.5 Å². The number of aromatic nitrogens is 2. The maximum Gasteiger partial charge on any atom is 0.224 e. The molecule has 0 spiro atoms. The third kappa shape index (κ3) is 4.88. The Balaban J connectivity index is 1.78. The van der Waals surface area contributed by atoms with Crippen LogP contribution in [0.1, 0.15) is 23.9 Å². The molecule has 2 aromatic rings. The molecular formula is C17H22ClN3O. The third-order valence-electron chi connectivity index (χ3n) is 3.51. The molecule has 0 saturated heterocycles. The summed E-state index contributed by atoms with van der Waals surface area (Å²) in [6, 6.07) is 9.42. The Hall–Kier alpha value is -1.81. The van der Waals surface area contributed by atoms with E-state index in [1.165, 1.54) is 0 Å². The van der Waals surface area contributed by atoms with Crippen molar-refractivity contribution in [3.8, 4) is 0 Å². The number of nitrogens with one attached hydrogen (secondary N) is 1. The van der Waals surface area contributed by atoms with Gasteiger partial charge in [0.05, 0.1) is 12.1 Å². The maximum atomic E-state index is 12.0. The van der Waals surface area contributed by atoms with E-state index in [4.69, 9.17) is 11.6 Å². The quantitative estimate of drug-likeness (QED) is 0.889. The van der Waals surface area contributed by atoms with E-state index in [-0.39, 0.29) is 5.91 Å². The van der Waals surface area contributed by atoms with E-state index >= 15 is 0 Å². The molecule has 1 atom stereocenters. The SMILES string of the molecule is Cc1cc(C)n(C[C@@H](C)CNC(=O)Cc2ccc(Cl)cc2)n1. The summed E-state index contributed by atoms with van der Waals surface area (Å²) >= 11 is 5.83. The fourth-order valence-electron chi connectivity index (χ4n) is 2.36. The Morgan fingerprint density at radius 2 is 2.00 bits per heavy atom. The predicted octanol–water partition coefficient (Wildman–Crippen LogP) is 3.15. The smallest absolute Gasteiger partial charge is 0.224 e. The fourth-order valence-corrected chi connectivity index (χ4v) is 2.48. The van der Waals surface area contributed by atoms with Gasteiger partial charge >= 0.3 is 0 Å². The lowest BCUT2D eigenvalue weighted by Crippen LogP contribution is -2.31. The highest BCUT2D eigenvalue weighted by Crippen LogP contribution is 2.10. The molecule has 1 aromatic carbocycles. The molecule has 0 radical (unpaired) electrons. The Bertz CT molecular complexity index is 634. The molecule has 0 aliphatic heterocycles. The van der Waals surface area contributed by atoms with Gasteiger partial charge in [-0.3, -0.25) is 9.48 Å². The van der Waals surface area contributed by atoms with Crippen molar-refractivity contribution in [1.29, 1.82) is 0 Å². The molecule has 22 heavy (non-hydrogen) atoms. The second-order valence-corrected chi connectivity index (χ2v) is 6.26. The van der Waals surface area contributed by atoms with Gasteiger partial charge in [0.25, 0.3) is 0 Å². The Kier molecular flexibility index (Phi) is 5.61. The molecule has 0 fully saturated rings. The molecule has 118 valence electrons. The zero-order valence-corrected chi connectivity index (χ0v) is 14.0. The topological polar surface area (TPSA) is 46.9 Å². The molecule has 0 bridgehead atoms. The van der Waals surface area contributed by atoms with Crippen molar-refractivity contribution < 1.29 is 4.79 Å². The molecule has 0 aliphatic rings. The minimum absolute atomic E-state index is 0.0301. The normalized spacial score (nSPS) is 12.2. The average Bonchev–Trinajstić information content (AvgIpc) is 2.77. The van der Waals surface area contributed by atoms with Crippen LogP contribution in [0.5, 0.6) is 0 Å². The average molecular weight is 320 g/mol. The van der Waals surface area contributed by atoms with Gasteiger partial charge in [-0.05, 0) is 43.5 Å². The minimum atomic E-state index is 0.0301. The number of hydrogen-bond acceptors (Lipinski definition) is 2. The predicted molar refractivity (Wildman–Crippen MR) is 89.0 cm³/mol. The van der Waals surface area contributed by atoms with E-state index in [1.807, 2.05) is 30.7 Å². The number of aryl methyl sites for hydroxylation is 2. The van der Waals surface area contributed by atoms with Crippen LogP contribution in [-0.4, -0.2) is 22.2 Å². The van der Waals surface area contributed by atoms with Gasteiger partial charge in [-0.1, -0.05) is 30.7 Å². The summed E-state index contributed by atoms with van der Waals surface area (Å²) in [5.41, 5.74) is 3.14. The van der Waals surface area contributed by atoms with E-state index in [0.717, 1.165) is 23.5 Å². The van der Waals surface area contributed by atoms with Crippen LogP contribution in [-0.2, 0) is 17.8 Å². The molecule has 5 heteroatoms. The van der Waals surface area contributed by atoms with E-state index in [2.05, 4.69) is 23.4 Å². The Morgan fingerprint density at radius 3 is 2.59 bits per heavy atom. The first kappa shape index (κ1) is 16.6. The van der Waals surface area contributed by atoms with Crippen molar-refractivity contribution in [2.24, 2.45) is 5.92 Å². The lowest BCUT2D eigenvalue weighted by molar-refractivity contribution is -0.120. The summed E-state index contributed by atoms with van der Waals surface area (Å²) in [6.07, 6.45) is 0.379. The zero-order chi connectivity index (χ0) is 16.1. The van der Waals surface area contributed by atoms with Crippen molar-refractivity contribution in [3.63, 3.8) is 0 Å². The lowest BCUT2D eigenvalue weighted by Gasteiger charge is -2.14. The van der Waals surface area contributed by atoms with E-state index in [1.54, 1.807) is 12.1 Å². The summed E-state index contributed by atoms with van der Waals surface area (Å²) in [5, 5.41) is 8.11. The molecule has 1 amide bonds. The first-order valence-electron chi connectivity index (χ1n) is 7.46. The fraction of sp³-hybridized carbons (Fsp3) is 0.412. The molecule has 2 rings (SSSR count). The molecule has 1 heterocycles. The summed E-state index contributed by atoms with van der Waals surface area (Å²) < 4.78 is 1.99. The van der Waals surface area contributed by atoms with Gasteiger partial charge in [0, 0.05) is 23.8 Å². The van der Waals surface area contributed by atoms with Crippen LogP contribution in [0.3, 0.4) is 0 Å². The summed E-state index contributed by atoms with van der Waals surface area (Å²) in [5.74, 6) is 0.356. The molecule has 0 aliphatic carbocycles. The number of nitrogens with zero attached hydrogens (tertiary/aromatic N) is 2. The van der Waals surface area contributed by atoms with Gasteiger partial charge in [0.1, 0.15) is 0 Å². The maximum absolute atomic E-state index is 12.0. The summed E-state index contributed by atoms with van der Waals surface area (Å²) in [6.45, 7) is 7.60. The molecule has 0 saturated carbocycles. The number of carbonyl (C=O) groups excluding carboxylic acids is 1. The number of carbonyl (C=O) groups is 1. The van der Waals surface area contributed by atoms with Crippen molar-refractivity contribution in [2.45, 2.75) is 33.7 Å². The molecule has 1 aromatic heterocycles. The zero-order valence-electron chi connectivity index (χ0n) is 13.3. The van der Waals surface area contributed by atoms with Crippen molar-refractivity contribution in [3.05, 3.63) is 52.3 Å². The monoisotopic (exact) mass is 319 g/mol. The largest absolute Gasteiger partial charge is 0.355 e. The Labute approximate surface area is 136 Å². The molecule has 4 nitrogen and oxygen atoms in total. The van der Waals surface area contributed by atoms with Gasteiger partial charge in [0.2, 0.25) is 5.91 Å². The third-order valence-corrected chi connectivity index (χ3v) is 3.77. The van der Waals surface area contributed by atoms with Crippen LogP contribution in [0.25, 0.3) is 0 Å². The lowest BCUT2D eigenvalue weighted by atomic mass is 10.1.